The van der Waals surface area contributed by atoms with Crippen molar-refractivity contribution in [3.05, 3.63) is 117 Å². The van der Waals surface area contributed by atoms with Crippen LogP contribution in [0.5, 0.6) is 46.0 Å². The third-order valence-electron chi connectivity index (χ3n) is 18.6. The molecule has 0 spiro atoms. The molecule has 21 N–H and O–H groups in total. The molecule has 7 aliphatic heterocycles. The van der Waals surface area contributed by atoms with E-state index in [1.165, 1.54) is 26.0 Å². The van der Waals surface area contributed by atoms with Crippen LogP contribution in [0.2, 0.25) is 10.0 Å². The first-order chi connectivity index (χ1) is 49.7. The van der Waals surface area contributed by atoms with Crippen molar-refractivity contribution in [1.82, 2.24) is 37.2 Å². The Hall–Kier alpha value is -9.20. The lowest BCUT2D eigenvalue weighted by Crippen LogP contribution is -2.64. The Balaban J connectivity index is 1.23. The highest BCUT2D eigenvalue weighted by molar-refractivity contribution is 6.32. The van der Waals surface area contributed by atoms with Gasteiger partial charge in [-0.15, -0.1) is 0 Å². The summed E-state index contributed by atoms with van der Waals surface area (Å²) >= 11 is 14.2. The third kappa shape index (κ3) is 17.4. The van der Waals surface area contributed by atoms with Crippen LogP contribution in [-0.4, -0.2) is 190 Å². The molecule has 2 saturated heterocycles. The number of hydrogen-bond acceptors (Lipinski definition) is 25. The largest absolute Gasteiger partial charge is 0.508 e. The molecule has 12 rings (SSSR count). The van der Waals surface area contributed by atoms with E-state index in [2.05, 4.69) is 37.2 Å². The standard InChI is InChI=1S/C70H83Cl2N9O24/c1-6-7-8-15-75-38(16-27(2)3)62(92)80-53-55(87)30-10-13-42(36(71)18-30)101-44-20-32-21-45(59(44)105-69-60(58(90)57(89)46(26-82)103-69)104-48-25-70(5,74)61(91)28(4)100-48)102-43-14-11-31(19-37(43)72)56(88)54-67(97)79-52(68(98)99)35-22-33(83)23-41(85)49(35)34-17-29(9-12-40(34)84)50(64(94)81-54)78-65(95)51(32)77-63(93)39(24-47(73)86)76-66(53)96/h9-14,17-23,27-28,38-39,46,48,50-58,60-61,69,75,82-85,87-91H,6-8,15-16,24-26,74H2,1-5H3,(H2,73,86)(H,76,96)(H,77,93)(H,78,95)(H,79,97)(H,80,92)(H,81,94)(H,98,99)/t28-,38+,39-,46+,48-,50+,51+,52-,53+,54-,55+,56+,57+,58-,60+,61+,69-,70-/m0/s1. The molecule has 33 nitrogen and oxygen atoms in total. The van der Waals surface area contributed by atoms with Gasteiger partial charge in [-0.3, -0.25) is 33.6 Å². The van der Waals surface area contributed by atoms with Gasteiger partial charge in [0.15, 0.2) is 29.9 Å². The van der Waals surface area contributed by atoms with E-state index in [9.17, 15) is 70.2 Å². The molecule has 105 heavy (non-hydrogen) atoms. The summed E-state index contributed by atoms with van der Waals surface area (Å²) in [6.07, 6.45) is -16.2. The minimum Gasteiger partial charge on any atom is -0.508 e. The summed E-state index contributed by atoms with van der Waals surface area (Å²) < 4.78 is 38.4. The van der Waals surface area contributed by atoms with E-state index in [0.717, 1.165) is 79.6 Å². The molecule has 35 heteroatoms. The summed E-state index contributed by atoms with van der Waals surface area (Å²) in [5.41, 5.74) is 8.09. The van der Waals surface area contributed by atoms with Gasteiger partial charge >= 0.3 is 5.97 Å². The van der Waals surface area contributed by atoms with E-state index in [1.807, 2.05) is 20.8 Å². The van der Waals surface area contributed by atoms with Gasteiger partial charge in [0.2, 0.25) is 53.4 Å². The number of benzene rings is 5. The second-order valence-corrected chi connectivity index (χ2v) is 27.9. The summed E-state index contributed by atoms with van der Waals surface area (Å²) in [5, 5.41) is 132. The number of aliphatic carboxylic acids is 1. The van der Waals surface area contributed by atoms with E-state index < -0.39 is 237 Å². The minimum absolute atomic E-state index is 0.0964. The number of unbranched alkanes of at least 4 members (excludes halogenated alkanes) is 2. The number of amides is 7. The molecule has 2 fully saturated rings. The summed E-state index contributed by atoms with van der Waals surface area (Å²) in [6, 6.07) is -0.556. The average molecular weight is 1510 g/mol. The second-order valence-electron chi connectivity index (χ2n) is 27.1. The fraction of sp³-hybridized carbons (Fsp3) is 0.457. The van der Waals surface area contributed by atoms with Gasteiger partial charge < -0.3 is 128 Å². The second kappa shape index (κ2) is 32.7. The van der Waals surface area contributed by atoms with Crippen LogP contribution in [0.4, 0.5) is 0 Å². The van der Waals surface area contributed by atoms with E-state index in [0.29, 0.717) is 13.0 Å². The highest BCUT2D eigenvalue weighted by Crippen LogP contribution is 2.50. The number of aliphatic hydroxyl groups is 6. The highest BCUT2D eigenvalue weighted by Gasteiger charge is 2.52. The Morgan fingerprint density at radius 2 is 1.33 bits per heavy atom. The molecule has 566 valence electrons. The first-order valence-corrected chi connectivity index (χ1v) is 34.4. The number of hydrogen-bond donors (Lipinski definition) is 19. The van der Waals surface area contributed by atoms with Crippen molar-refractivity contribution < 1.29 is 118 Å². The van der Waals surface area contributed by atoms with Crippen LogP contribution in [0.1, 0.15) is 131 Å². The van der Waals surface area contributed by atoms with Crippen molar-refractivity contribution >= 4 is 70.5 Å². The maximum Gasteiger partial charge on any atom is 0.330 e. The maximum atomic E-state index is 16.1. The molecule has 11 bridgehead atoms. The molecule has 0 saturated carbocycles. The number of primary amides is 1. The molecule has 5 aromatic carbocycles. The fourth-order valence-electron chi connectivity index (χ4n) is 13.1. The topological polar surface area (TPSA) is 530 Å². The summed E-state index contributed by atoms with van der Waals surface area (Å²) in [7, 11) is 0. The number of rotatable bonds is 17. The smallest absolute Gasteiger partial charge is 0.330 e. The van der Waals surface area contributed by atoms with Gasteiger partial charge in [0, 0.05) is 34.7 Å². The molecule has 0 aromatic heterocycles. The number of halogens is 2. The van der Waals surface area contributed by atoms with Crippen molar-refractivity contribution in [2.75, 3.05) is 13.2 Å². The van der Waals surface area contributed by atoms with Gasteiger partial charge in [-0.1, -0.05) is 75.0 Å². The quantitative estimate of drug-likeness (QED) is 0.0589. The Labute approximate surface area is 609 Å². The van der Waals surface area contributed by atoms with E-state index in [1.54, 1.807) is 0 Å². The number of nitrogens with two attached hydrogens (primary N) is 2. The number of carboxylic acid groups (broad SMARTS) is 1. The molecule has 0 aliphatic carbocycles. The van der Waals surface area contributed by atoms with Crippen molar-refractivity contribution in [2.45, 2.75) is 182 Å². The predicted molar refractivity (Wildman–Crippen MR) is 368 cm³/mol. The van der Waals surface area contributed by atoms with Crippen LogP contribution in [0.15, 0.2) is 78.9 Å². The van der Waals surface area contributed by atoms with Gasteiger partial charge in [0.1, 0.15) is 89.5 Å². The molecular formula is C70H83Cl2N9O24. The van der Waals surface area contributed by atoms with Crippen molar-refractivity contribution in [3.63, 3.8) is 0 Å². The summed E-state index contributed by atoms with van der Waals surface area (Å²) in [5.74, 6) is -15.9. The van der Waals surface area contributed by atoms with Crippen LogP contribution < -0.4 is 62.9 Å². The molecule has 18 atom stereocenters. The average Bonchev–Trinajstić information content (AvgIpc) is 0.769. The number of nitrogens with one attached hydrogen (secondary N) is 7. The number of ether oxygens (including phenoxy) is 6. The Bertz CT molecular complexity index is 4150. The molecule has 7 aliphatic rings. The fourth-order valence-corrected chi connectivity index (χ4v) is 13.5. The monoisotopic (exact) mass is 1500 g/mol. The number of carbonyl (C=O) groups excluding carboxylic acids is 7. The SMILES string of the molecule is CCCCCN[C@H](CC(C)C)C(=O)N[C@H]1C(=O)N[C@@H](CC(N)=O)C(=O)N[C@H]2C(=O)N[C@H]3C(=O)N[C@H](C(=O)N[C@H](C(=O)O)c4cc(O)cc(O)c4-c4cc3ccc4O)[C@H](O)c3ccc(c(Cl)c3)Oc3cc2cc(c3O[C@@H]2O[C@H](CO)[C@@H](O)[C@H](O)[C@H]2O[C@H]2C[C@](C)(N)[C@H](O)[C@H](C)O2)Oc2ccc(cc2Cl)[C@H]1O. The number of carbonyl (C=O) groups is 8. The zero-order chi connectivity index (χ0) is 76.4. The van der Waals surface area contributed by atoms with Crippen LogP contribution >= 0.6 is 23.2 Å². The first kappa shape index (κ1) is 78.4. The number of aliphatic hydroxyl groups excluding tert-OH is 6. The van der Waals surface area contributed by atoms with Gasteiger partial charge in [-0.2, -0.15) is 0 Å². The maximum absolute atomic E-state index is 16.1. The third-order valence-corrected chi connectivity index (χ3v) is 19.2. The number of phenolic OH excluding ortho intramolecular Hbond substituents is 3. The van der Waals surface area contributed by atoms with Gasteiger partial charge in [-0.05, 0) is 116 Å². The molecule has 7 heterocycles. The normalized spacial score (nSPS) is 28.8. The Kier molecular flexibility index (Phi) is 24.4. The Morgan fingerprint density at radius 1 is 0.714 bits per heavy atom. The molecule has 0 radical (unpaired) electrons. The molecule has 7 amide bonds. The van der Waals surface area contributed by atoms with Gasteiger partial charge in [0.25, 0.3) is 0 Å². The lowest BCUT2D eigenvalue weighted by molar-refractivity contribution is -0.333. The van der Waals surface area contributed by atoms with Crippen molar-refractivity contribution in [2.24, 2.45) is 17.4 Å². The zero-order valence-electron chi connectivity index (χ0n) is 57.2. The number of carboxylic acids is 1. The molecule has 0 unspecified atom stereocenters. The molecular weight excluding hydrogens is 1420 g/mol. The number of aromatic hydroxyl groups is 3. The van der Waals surface area contributed by atoms with Crippen LogP contribution in [-0.2, 0) is 52.6 Å². The zero-order valence-corrected chi connectivity index (χ0v) is 58.7. The van der Waals surface area contributed by atoms with Crippen molar-refractivity contribution in [3.8, 4) is 57.1 Å². The van der Waals surface area contributed by atoms with Crippen molar-refractivity contribution in [1.29, 1.82) is 0 Å². The predicted octanol–water partition coefficient (Wildman–Crippen LogP) is 1.67. The minimum atomic E-state index is -2.35. The van der Waals surface area contributed by atoms with Gasteiger partial charge in [-0.25, -0.2) is 4.79 Å². The Morgan fingerprint density at radius 3 is 1.93 bits per heavy atom. The summed E-state index contributed by atoms with van der Waals surface area (Å²) in [6.45, 7) is 8.11. The number of phenols is 3. The van der Waals surface area contributed by atoms with Crippen LogP contribution in [0, 0.1) is 5.92 Å². The van der Waals surface area contributed by atoms with E-state index >= 15 is 19.2 Å². The van der Waals surface area contributed by atoms with Gasteiger partial charge in [0.05, 0.1) is 41.3 Å². The lowest BCUT2D eigenvalue weighted by atomic mass is 9.86. The molecule has 5 aromatic rings. The number of fused-ring (bicyclic) bond motifs is 15. The summed E-state index contributed by atoms with van der Waals surface area (Å²) in [4.78, 5) is 118. The van der Waals surface area contributed by atoms with E-state index in [-0.39, 0.29) is 46.2 Å². The first-order valence-electron chi connectivity index (χ1n) is 33.7. The van der Waals surface area contributed by atoms with Crippen LogP contribution in [0.25, 0.3) is 11.1 Å². The van der Waals surface area contributed by atoms with Crippen LogP contribution in [0.3, 0.4) is 0 Å². The lowest BCUT2D eigenvalue weighted by Gasteiger charge is -2.47. The highest BCUT2D eigenvalue weighted by atomic mass is 35.5. The van der Waals surface area contributed by atoms with E-state index in [4.69, 9.17) is 63.1 Å².